The number of aryl methyl sites for hydroxylation is 1. The second kappa shape index (κ2) is 8.84. The van der Waals surface area contributed by atoms with E-state index in [1.807, 2.05) is 25.1 Å². The van der Waals surface area contributed by atoms with Gasteiger partial charge in [-0.2, -0.15) is 5.10 Å². The maximum Gasteiger partial charge on any atom is 0.312 e. The van der Waals surface area contributed by atoms with E-state index in [-0.39, 0.29) is 11.9 Å². The molecule has 1 aromatic heterocycles. The molecule has 0 radical (unpaired) electrons. The molecule has 0 aliphatic carbocycles. The molecule has 3 rings (SSSR count). The van der Waals surface area contributed by atoms with Crippen molar-refractivity contribution in [1.29, 1.82) is 0 Å². The van der Waals surface area contributed by atoms with Crippen LogP contribution in [0, 0.1) is 5.41 Å². The fourth-order valence-electron chi connectivity index (χ4n) is 3.80. The predicted molar refractivity (Wildman–Crippen MR) is 102 cm³/mol. The molecule has 1 aliphatic rings. The number of benzene rings is 1. The molecule has 6 nitrogen and oxygen atoms in total. The van der Waals surface area contributed by atoms with Crippen LogP contribution in [0.2, 0.25) is 0 Å². The van der Waals surface area contributed by atoms with Crippen molar-refractivity contribution >= 4 is 11.9 Å². The monoisotopic (exact) mass is 369 g/mol. The molecule has 1 aromatic carbocycles. The van der Waals surface area contributed by atoms with Crippen molar-refractivity contribution < 1.29 is 14.3 Å². The third kappa shape index (κ3) is 4.56. The van der Waals surface area contributed by atoms with Crippen LogP contribution in [0.1, 0.15) is 48.5 Å². The van der Waals surface area contributed by atoms with Gasteiger partial charge in [0.25, 0.3) is 5.91 Å². The molecule has 1 amide bonds. The zero-order valence-corrected chi connectivity index (χ0v) is 15.8. The number of aromatic nitrogens is 2. The maximum absolute atomic E-state index is 12.7. The van der Waals surface area contributed by atoms with E-state index in [2.05, 4.69) is 22.3 Å². The number of ether oxygens (including phenoxy) is 1. The van der Waals surface area contributed by atoms with Crippen LogP contribution in [-0.2, 0) is 16.0 Å². The number of piperidine rings is 1. The normalized spacial score (nSPS) is 16.1. The van der Waals surface area contributed by atoms with Crippen LogP contribution < -0.4 is 0 Å². The topological polar surface area (TPSA) is 75.3 Å². The van der Waals surface area contributed by atoms with Crippen LogP contribution >= 0.6 is 0 Å². The summed E-state index contributed by atoms with van der Waals surface area (Å²) in [6.07, 6.45) is 7.09. The van der Waals surface area contributed by atoms with Gasteiger partial charge in [-0.15, -0.1) is 0 Å². The molecule has 0 atom stereocenters. The quantitative estimate of drug-likeness (QED) is 0.761. The van der Waals surface area contributed by atoms with Crippen LogP contribution in [0.5, 0.6) is 0 Å². The maximum atomic E-state index is 12.7. The number of likely N-dealkylation sites (tertiary alicyclic amines) is 1. The minimum absolute atomic E-state index is 0.0366. The molecule has 1 aliphatic heterocycles. The Morgan fingerprint density at radius 3 is 2.59 bits per heavy atom. The molecule has 1 N–H and O–H groups in total. The van der Waals surface area contributed by atoms with Crippen molar-refractivity contribution in [2.75, 3.05) is 19.7 Å². The van der Waals surface area contributed by atoms with Crippen molar-refractivity contribution in [3.63, 3.8) is 0 Å². The average Bonchev–Trinajstić information content (AvgIpc) is 3.24. The third-order valence-corrected chi connectivity index (χ3v) is 5.42. The van der Waals surface area contributed by atoms with Gasteiger partial charge in [0.05, 0.1) is 23.8 Å². The number of rotatable bonds is 7. The van der Waals surface area contributed by atoms with Crippen LogP contribution in [0.4, 0.5) is 0 Å². The third-order valence-electron chi connectivity index (χ3n) is 5.42. The second-order valence-electron chi connectivity index (χ2n) is 7.12. The van der Waals surface area contributed by atoms with Crippen molar-refractivity contribution in [3.8, 4) is 0 Å². The average molecular weight is 369 g/mol. The van der Waals surface area contributed by atoms with E-state index in [0.29, 0.717) is 38.1 Å². The number of hydrogen-bond acceptors (Lipinski definition) is 4. The Kier molecular flexibility index (Phi) is 6.27. The summed E-state index contributed by atoms with van der Waals surface area (Å²) in [5, 5.41) is 6.51. The Hall–Kier alpha value is -2.63. The number of nitrogens with one attached hydrogen (secondary N) is 1. The number of carbonyl (C=O) groups excluding carboxylic acids is 2. The van der Waals surface area contributed by atoms with Gasteiger partial charge < -0.3 is 9.64 Å². The molecule has 0 spiro atoms. The van der Waals surface area contributed by atoms with E-state index < -0.39 is 5.41 Å². The standard InChI is InChI=1S/C21H27N3O3/c1-2-27-20(26)21(10-6-9-17-7-4-3-5-8-17)11-13-24(14-12-21)19(25)18-15-22-23-16-18/h3-5,7-8,15-16H,2,6,9-14H2,1H3,(H,22,23). The molecular formula is C21H27N3O3. The van der Waals surface area contributed by atoms with E-state index in [1.54, 1.807) is 11.1 Å². The van der Waals surface area contributed by atoms with Gasteiger partial charge in [0, 0.05) is 19.3 Å². The van der Waals surface area contributed by atoms with Gasteiger partial charge in [-0.25, -0.2) is 0 Å². The first-order valence-corrected chi connectivity index (χ1v) is 9.64. The summed E-state index contributed by atoms with van der Waals surface area (Å²) in [4.78, 5) is 27.0. The zero-order chi connectivity index (χ0) is 19.1. The van der Waals surface area contributed by atoms with Gasteiger partial charge in [0.15, 0.2) is 0 Å². The lowest BCUT2D eigenvalue weighted by Gasteiger charge is -2.40. The van der Waals surface area contributed by atoms with Gasteiger partial charge in [0.2, 0.25) is 0 Å². The predicted octanol–water partition coefficient (Wildman–Crippen LogP) is 3.22. The molecule has 27 heavy (non-hydrogen) atoms. The van der Waals surface area contributed by atoms with Crippen LogP contribution in [0.25, 0.3) is 0 Å². The van der Waals surface area contributed by atoms with Crippen molar-refractivity contribution in [2.45, 2.75) is 39.0 Å². The Labute approximate surface area is 159 Å². The zero-order valence-electron chi connectivity index (χ0n) is 15.8. The fourth-order valence-corrected chi connectivity index (χ4v) is 3.80. The summed E-state index contributed by atoms with van der Waals surface area (Å²) in [6, 6.07) is 10.3. The molecule has 1 fully saturated rings. The first-order chi connectivity index (χ1) is 13.1. The molecule has 1 saturated heterocycles. The van der Waals surface area contributed by atoms with E-state index >= 15 is 0 Å². The minimum Gasteiger partial charge on any atom is -0.466 e. The van der Waals surface area contributed by atoms with Crippen LogP contribution in [-0.4, -0.2) is 46.7 Å². The Bertz CT molecular complexity index is 735. The van der Waals surface area contributed by atoms with E-state index in [0.717, 1.165) is 19.3 Å². The highest BCUT2D eigenvalue weighted by Gasteiger charge is 2.43. The highest BCUT2D eigenvalue weighted by Crippen LogP contribution is 2.38. The summed E-state index contributed by atoms with van der Waals surface area (Å²) >= 11 is 0. The fraction of sp³-hybridized carbons (Fsp3) is 0.476. The lowest BCUT2D eigenvalue weighted by Crippen LogP contribution is -2.47. The van der Waals surface area contributed by atoms with Gasteiger partial charge in [-0.05, 0) is 44.6 Å². The second-order valence-corrected chi connectivity index (χ2v) is 7.12. The van der Waals surface area contributed by atoms with E-state index in [9.17, 15) is 9.59 Å². The number of amides is 1. The van der Waals surface area contributed by atoms with Gasteiger partial charge >= 0.3 is 5.97 Å². The summed E-state index contributed by atoms with van der Waals surface area (Å²) in [5.74, 6) is -0.154. The largest absolute Gasteiger partial charge is 0.466 e. The number of carbonyl (C=O) groups is 2. The first-order valence-electron chi connectivity index (χ1n) is 9.64. The first kappa shape index (κ1) is 19.1. The number of H-pyrrole nitrogens is 1. The Morgan fingerprint density at radius 2 is 1.96 bits per heavy atom. The molecule has 2 heterocycles. The number of nitrogens with zero attached hydrogens (tertiary/aromatic N) is 2. The summed E-state index contributed by atoms with van der Waals surface area (Å²) in [7, 11) is 0. The Morgan fingerprint density at radius 1 is 1.22 bits per heavy atom. The highest BCUT2D eigenvalue weighted by atomic mass is 16.5. The van der Waals surface area contributed by atoms with Crippen molar-refractivity contribution in [1.82, 2.24) is 15.1 Å². The Balaban J connectivity index is 1.62. The number of esters is 1. The molecule has 144 valence electrons. The van der Waals surface area contributed by atoms with Gasteiger partial charge in [-0.3, -0.25) is 14.7 Å². The molecule has 0 unspecified atom stereocenters. The molecule has 0 saturated carbocycles. The van der Waals surface area contributed by atoms with E-state index in [1.165, 1.54) is 11.8 Å². The molecular weight excluding hydrogens is 342 g/mol. The molecule has 2 aromatic rings. The lowest BCUT2D eigenvalue weighted by molar-refractivity contribution is -0.159. The van der Waals surface area contributed by atoms with Crippen LogP contribution in [0.15, 0.2) is 42.7 Å². The summed E-state index contributed by atoms with van der Waals surface area (Å²) in [5.41, 5.74) is 1.35. The highest BCUT2D eigenvalue weighted by molar-refractivity contribution is 5.93. The summed E-state index contributed by atoms with van der Waals surface area (Å²) < 4.78 is 5.40. The number of aromatic amines is 1. The van der Waals surface area contributed by atoms with E-state index in [4.69, 9.17) is 4.74 Å². The smallest absolute Gasteiger partial charge is 0.312 e. The summed E-state index contributed by atoms with van der Waals surface area (Å²) in [6.45, 7) is 3.35. The van der Waals surface area contributed by atoms with Gasteiger partial charge in [-0.1, -0.05) is 30.3 Å². The van der Waals surface area contributed by atoms with Crippen molar-refractivity contribution in [2.24, 2.45) is 5.41 Å². The minimum atomic E-state index is -0.488. The molecule has 6 heteroatoms. The van der Waals surface area contributed by atoms with Crippen LogP contribution in [0.3, 0.4) is 0 Å². The molecule has 0 bridgehead atoms. The van der Waals surface area contributed by atoms with Crippen molar-refractivity contribution in [3.05, 3.63) is 53.9 Å². The SMILES string of the molecule is CCOC(=O)C1(CCCc2ccccc2)CCN(C(=O)c2cn[nH]c2)CC1. The van der Waals surface area contributed by atoms with Gasteiger partial charge in [0.1, 0.15) is 0 Å². The lowest BCUT2D eigenvalue weighted by atomic mass is 9.74. The number of hydrogen-bond donors (Lipinski definition) is 1.